The average Bonchev–Trinajstić information content (AvgIpc) is 2.66. The van der Waals surface area contributed by atoms with Gasteiger partial charge in [0.2, 0.25) is 0 Å². The molecule has 2 aromatic carbocycles. The van der Waals surface area contributed by atoms with Crippen molar-refractivity contribution >= 4 is 0 Å². The number of hydrogen-bond acceptors (Lipinski definition) is 4. The van der Waals surface area contributed by atoms with Gasteiger partial charge in [-0.2, -0.15) is 0 Å². The molecular weight excluding hydrogens is 405 g/mol. The zero-order chi connectivity index (χ0) is 22.8. The zero-order valence-corrected chi connectivity index (χ0v) is 18.5. The van der Waals surface area contributed by atoms with Crippen LogP contribution in [-0.2, 0) is 11.8 Å². The van der Waals surface area contributed by atoms with Crippen LogP contribution in [0.15, 0.2) is 42.5 Å². The molecule has 0 spiro atoms. The molecule has 1 aliphatic rings. The minimum absolute atomic E-state index is 0.00381. The van der Waals surface area contributed by atoms with Crippen molar-refractivity contribution < 1.29 is 22.6 Å². The Balaban J connectivity index is 1.93. The number of alkyl halides is 3. The van der Waals surface area contributed by atoms with Crippen LogP contribution >= 0.6 is 0 Å². The van der Waals surface area contributed by atoms with Crippen LogP contribution in [0.25, 0.3) is 0 Å². The largest absolute Gasteiger partial charge is 0.573 e. The molecular formula is C24H31F3N2O2. The first-order valence-electron chi connectivity index (χ1n) is 10.5. The third kappa shape index (κ3) is 5.92. The molecule has 7 heteroatoms. The van der Waals surface area contributed by atoms with Gasteiger partial charge in [0.05, 0.1) is 13.2 Å². The first-order chi connectivity index (χ1) is 14.5. The molecule has 0 aromatic heterocycles. The second-order valence-electron chi connectivity index (χ2n) is 9.19. The number of nitrogens with zero attached hydrogens (tertiary/aromatic N) is 1. The number of hydrogen-bond donors (Lipinski definition) is 1. The second kappa shape index (κ2) is 9.09. The van der Waals surface area contributed by atoms with E-state index in [9.17, 15) is 13.2 Å². The molecule has 1 heterocycles. The van der Waals surface area contributed by atoms with Gasteiger partial charge in [-0.15, -0.1) is 13.2 Å². The first kappa shape index (κ1) is 23.4. The number of ether oxygens (including phenoxy) is 2. The SMILES string of the molecule is COc1ccc(C(C)(C)C)cc1C[C@H]1CCCN(N)[C@H]1c1cccc(OC(F)(F)F)c1. The number of rotatable bonds is 5. The van der Waals surface area contributed by atoms with Crippen LogP contribution in [0.5, 0.6) is 11.5 Å². The summed E-state index contributed by atoms with van der Waals surface area (Å²) < 4.78 is 47.8. The molecule has 0 saturated carbocycles. The van der Waals surface area contributed by atoms with Crippen molar-refractivity contribution in [2.45, 2.75) is 57.9 Å². The van der Waals surface area contributed by atoms with Crippen molar-refractivity contribution in [3.8, 4) is 11.5 Å². The quantitative estimate of drug-likeness (QED) is 0.606. The number of methoxy groups -OCH3 is 1. The highest BCUT2D eigenvalue weighted by atomic mass is 19.4. The number of piperidine rings is 1. The maximum Gasteiger partial charge on any atom is 0.573 e. The van der Waals surface area contributed by atoms with Gasteiger partial charge >= 0.3 is 6.36 Å². The van der Waals surface area contributed by atoms with Crippen LogP contribution < -0.4 is 15.3 Å². The lowest BCUT2D eigenvalue weighted by atomic mass is 9.79. The van der Waals surface area contributed by atoms with Crippen LogP contribution in [0, 0.1) is 5.92 Å². The minimum Gasteiger partial charge on any atom is -0.496 e. The summed E-state index contributed by atoms with van der Waals surface area (Å²) in [5.74, 6) is 7.06. The van der Waals surface area contributed by atoms with Gasteiger partial charge in [-0.3, -0.25) is 5.84 Å². The molecule has 31 heavy (non-hydrogen) atoms. The van der Waals surface area contributed by atoms with E-state index in [4.69, 9.17) is 10.6 Å². The van der Waals surface area contributed by atoms with Crippen molar-refractivity contribution in [2.75, 3.05) is 13.7 Å². The Hall–Kier alpha value is -2.25. The minimum atomic E-state index is -4.73. The molecule has 2 atom stereocenters. The predicted molar refractivity (Wildman–Crippen MR) is 115 cm³/mol. The van der Waals surface area contributed by atoms with Gasteiger partial charge in [-0.05, 0) is 65.5 Å². The third-order valence-corrected chi connectivity index (χ3v) is 5.86. The number of hydrazine groups is 1. The summed E-state index contributed by atoms with van der Waals surface area (Å²) in [5.41, 5.74) is 3.01. The van der Waals surface area contributed by atoms with Crippen molar-refractivity contribution in [1.82, 2.24) is 5.01 Å². The summed E-state index contributed by atoms with van der Waals surface area (Å²) in [6, 6.07) is 12.2. The predicted octanol–water partition coefficient (Wildman–Crippen LogP) is 5.76. The first-order valence-corrected chi connectivity index (χ1v) is 10.5. The Bertz CT molecular complexity index is 893. The van der Waals surface area contributed by atoms with E-state index in [1.807, 2.05) is 12.1 Å². The topological polar surface area (TPSA) is 47.7 Å². The lowest BCUT2D eigenvalue weighted by Crippen LogP contribution is -2.44. The molecule has 170 valence electrons. The lowest BCUT2D eigenvalue weighted by molar-refractivity contribution is -0.274. The maximum atomic E-state index is 12.7. The average molecular weight is 437 g/mol. The van der Waals surface area contributed by atoms with E-state index < -0.39 is 6.36 Å². The van der Waals surface area contributed by atoms with Crippen LogP contribution in [-0.4, -0.2) is 25.0 Å². The normalized spacial score (nSPS) is 20.5. The fraction of sp³-hybridized carbons (Fsp3) is 0.500. The van der Waals surface area contributed by atoms with E-state index in [1.54, 1.807) is 18.2 Å². The van der Waals surface area contributed by atoms with Gasteiger partial charge in [0.25, 0.3) is 0 Å². The highest BCUT2D eigenvalue weighted by molar-refractivity contribution is 5.40. The third-order valence-electron chi connectivity index (χ3n) is 5.86. The van der Waals surface area contributed by atoms with E-state index in [0.29, 0.717) is 6.54 Å². The molecule has 3 rings (SSSR count). The lowest BCUT2D eigenvalue weighted by Gasteiger charge is -2.39. The zero-order valence-electron chi connectivity index (χ0n) is 18.5. The van der Waals surface area contributed by atoms with E-state index in [0.717, 1.165) is 36.1 Å². The van der Waals surface area contributed by atoms with Crippen LogP contribution in [0.1, 0.15) is 56.3 Å². The fourth-order valence-corrected chi connectivity index (χ4v) is 4.36. The summed E-state index contributed by atoms with van der Waals surface area (Å²) in [6.45, 7) is 7.17. The number of benzene rings is 2. The summed E-state index contributed by atoms with van der Waals surface area (Å²) in [6.07, 6.45) is -2.16. The summed E-state index contributed by atoms with van der Waals surface area (Å²) in [5, 5.41) is 1.74. The van der Waals surface area contributed by atoms with E-state index in [2.05, 4.69) is 37.6 Å². The molecule has 0 amide bonds. The van der Waals surface area contributed by atoms with E-state index >= 15 is 0 Å². The molecule has 0 aliphatic carbocycles. The van der Waals surface area contributed by atoms with Gasteiger partial charge < -0.3 is 9.47 Å². The van der Waals surface area contributed by atoms with Crippen molar-refractivity contribution in [2.24, 2.45) is 11.8 Å². The van der Waals surface area contributed by atoms with E-state index in [-0.39, 0.29) is 23.1 Å². The van der Waals surface area contributed by atoms with Crippen molar-refractivity contribution in [3.05, 3.63) is 59.2 Å². The molecule has 1 aliphatic heterocycles. The number of nitrogens with two attached hydrogens (primary N) is 1. The molecule has 2 aromatic rings. The molecule has 1 saturated heterocycles. The van der Waals surface area contributed by atoms with Gasteiger partial charge in [0.15, 0.2) is 0 Å². The van der Waals surface area contributed by atoms with Gasteiger partial charge in [0.1, 0.15) is 11.5 Å². The van der Waals surface area contributed by atoms with Gasteiger partial charge in [0, 0.05) is 6.54 Å². The molecule has 0 radical (unpaired) electrons. The summed E-state index contributed by atoms with van der Waals surface area (Å²) in [4.78, 5) is 0. The van der Waals surface area contributed by atoms with Crippen LogP contribution in [0.2, 0.25) is 0 Å². The highest BCUT2D eigenvalue weighted by Crippen LogP contribution is 2.40. The van der Waals surface area contributed by atoms with Gasteiger partial charge in [-0.25, -0.2) is 5.01 Å². The van der Waals surface area contributed by atoms with Crippen molar-refractivity contribution in [3.63, 3.8) is 0 Å². The van der Waals surface area contributed by atoms with Gasteiger partial charge in [-0.1, -0.05) is 45.0 Å². The Kier molecular flexibility index (Phi) is 6.86. The smallest absolute Gasteiger partial charge is 0.496 e. The summed E-state index contributed by atoms with van der Waals surface area (Å²) in [7, 11) is 1.65. The van der Waals surface area contributed by atoms with E-state index in [1.165, 1.54) is 17.7 Å². The fourth-order valence-electron chi connectivity index (χ4n) is 4.36. The Morgan fingerprint density at radius 3 is 2.48 bits per heavy atom. The molecule has 0 unspecified atom stereocenters. The molecule has 4 nitrogen and oxygen atoms in total. The maximum absolute atomic E-state index is 12.7. The standard InChI is InChI=1S/C24H31F3N2O2/c1-23(2,3)19-10-11-21(30-4)18(14-19)13-16-8-6-12-29(28)22(16)17-7-5-9-20(15-17)31-24(25,26)27/h5,7,9-11,14-16,22H,6,8,12-13,28H2,1-4H3/t16-,22-/m1/s1. The van der Waals surface area contributed by atoms with Crippen molar-refractivity contribution in [1.29, 1.82) is 0 Å². The number of halogens is 3. The molecule has 2 N–H and O–H groups in total. The Labute approximate surface area is 182 Å². The Morgan fingerprint density at radius 1 is 1.10 bits per heavy atom. The highest BCUT2D eigenvalue weighted by Gasteiger charge is 2.34. The molecule has 0 bridgehead atoms. The molecule has 1 fully saturated rings. The van der Waals surface area contributed by atoms with Crippen LogP contribution in [0.3, 0.4) is 0 Å². The monoisotopic (exact) mass is 436 g/mol. The summed E-state index contributed by atoms with van der Waals surface area (Å²) >= 11 is 0. The second-order valence-corrected chi connectivity index (χ2v) is 9.19. The Morgan fingerprint density at radius 2 is 1.84 bits per heavy atom. The van der Waals surface area contributed by atoms with Crippen LogP contribution in [0.4, 0.5) is 13.2 Å².